The number of rotatable bonds is 14. The van der Waals surface area contributed by atoms with Crippen LogP contribution in [0.5, 0.6) is 0 Å². The van der Waals surface area contributed by atoms with E-state index in [2.05, 4.69) is 61.3 Å². The zero-order valence-corrected chi connectivity index (χ0v) is 31.4. The van der Waals surface area contributed by atoms with E-state index in [1.807, 2.05) is 6.08 Å². The lowest BCUT2D eigenvalue weighted by Gasteiger charge is -2.42. The standard InChI is InChI=1S/C42H66O7/c1-10-13-33-28(9)38-40-41(46-33)39-37(47-40)22-42(48-38,49-39)17-16-30-20-25(6)32(43-30)15-14-29-19-24(5)26(7)35(44-29)21-36-31(12-3)27(8)34(45-36)18-23(4)11-2/h10,23-24,27-41H,1,6-7,11-22H2,2-5,8-9H3/t23-,24-,27-,28+,29+,30+,31-,32?,33+,34-,35-,36?,37-,38+,39+,40+,41+,42-/m1/s1. The van der Waals surface area contributed by atoms with Crippen LogP contribution < -0.4 is 0 Å². The zero-order valence-electron chi connectivity index (χ0n) is 31.4. The zero-order chi connectivity index (χ0) is 34.6. The molecule has 6 bridgehead atoms. The Bertz CT molecular complexity index is 1200. The van der Waals surface area contributed by atoms with Crippen molar-refractivity contribution in [2.75, 3.05) is 0 Å². The molecular weight excluding hydrogens is 616 g/mol. The Morgan fingerprint density at radius 3 is 2.33 bits per heavy atom. The van der Waals surface area contributed by atoms with E-state index >= 15 is 0 Å². The third-order valence-corrected chi connectivity index (χ3v) is 14.0. The predicted octanol–water partition coefficient (Wildman–Crippen LogP) is 8.50. The van der Waals surface area contributed by atoms with E-state index in [4.69, 9.17) is 33.2 Å². The maximum atomic E-state index is 6.90. The molecule has 2 unspecified atom stereocenters. The lowest BCUT2D eigenvalue weighted by Crippen LogP contribution is -2.54. The Morgan fingerprint density at radius 2 is 1.57 bits per heavy atom. The van der Waals surface area contributed by atoms with Crippen molar-refractivity contribution in [2.45, 2.75) is 198 Å². The van der Waals surface area contributed by atoms with Gasteiger partial charge < -0.3 is 33.2 Å². The highest BCUT2D eigenvalue weighted by Gasteiger charge is 2.67. The average molecular weight is 683 g/mol. The van der Waals surface area contributed by atoms with Gasteiger partial charge in [0.2, 0.25) is 0 Å². The van der Waals surface area contributed by atoms with Crippen LogP contribution in [-0.4, -0.2) is 79.0 Å². The van der Waals surface area contributed by atoms with Gasteiger partial charge in [-0.25, -0.2) is 0 Å². The summed E-state index contributed by atoms with van der Waals surface area (Å²) in [5.41, 5.74) is 2.45. The van der Waals surface area contributed by atoms with Crippen LogP contribution in [-0.2, 0) is 33.2 Å². The Labute approximate surface area is 296 Å². The number of hydrogen-bond donors (Lipinski definition) is 0. The Morgan fingerprint density at radius 1 is 0.816 bits per heavy atom. The normalized spacial score (nSPS) is 49.5. The van der Waals surface area contributed by atoms with Crippen LogP contribution in [0.3, 0.4) is 0 Å². The van der Waals surface area contributed by atoms with Gasteiger partial charge in [-0.1, -0.05) is 73.6 Å². The molecule has 0 spiro atoms. The molecule has 8 rings (SSSR count). The van der Waals surface area contributed by atoms with Crippen molar-refractivity contribution >= 4 is 0 Å². The average Bonchev–Trinajstić information content (AvgIpc) is 3.74. The highest BCUT2D eigenvalue weighted by molar-refractivity contribution is 5.14. The summed E-state index contributed by atoms with van der Waals surface area (Å²) in [6.45, 7) is 26.9. The minimum absolute atomic E-state index is 0.0196. The van der Waals surface area contributed by atoms with Crippen LogP contribution in [0.1, 0.15) is 119 Å². The molecular formula is C42H66O7. The summed E-state index contributed by atoms with van der Waals surface area (Å²) in [4.78, 5) is 0. The molecule has 8 heterocycles. The van der Waals surface area contributed by atoms with Crippen molar-refractivity contribution in [3.63, 3.8) is 0 Å². The molecule has 0 aromatic rings. The molecule has 7 nitrogen and oxygen atoms in total. The SMILES string of the molecule is C=CC[C@@H]1O[C@@H]2[C@H]3O[C@@H]4C[C@@](CC[C@H]5CC(=C)C(CC[C@H]6C[C@@H](C)C(=C)[C@@H](CC7O[C@H](C[C@H](C)CC)[C@H](C)[C@H]7CC)O6)O5)(O[C@H]24)O[C@H]3[C@H]1C. The van der Waals surface area contributed by atoms with Gasteiger partial charge in [-0.3, -0.25) is 0 Å². The highest BCUT2D eigenvalue weighted by Crippen LogP contribution is 2.54. The van der Waals surface area contributed by atoms with E-state index in [1.54, 1.807) is 0 Å². The lowest BCUT2D eigenvalue weighted by atomic mass is 9.80. The van der Waals surface area contributed by atoms with E-state index in [0.717, 1.165) is 70.6 Å². The van der Waals surface area contributed by atoms with Crippen LogP contribution in [0.25, 0.3) is 0 Å². The minimum atomic E-state index is -0.623. The molecule has 0 aliphatic carbocycles. The second kappa shape index (κ2) is 14.8. The van der Waals surface area contributed by atoms with Gasteiger partial charge in [-0.15, -0.1) is 6.58 Å². The first-order valence-electron chi connectivity index (χ1n) is 20.1. The minimum Gasteiger partial charge on any atom is -0.374 e. The summed E-state index contributed by atoms with van der Waals surface area (Å²) in [5.74, 6) is 1.92. The van der Waals surface area contributed by atoms with Gasteiger partial charge in [0.15, 0.2) is 5.79 Å². The van der Waals surface area contributed by atoms with E-state index in [-0.39, 0.29) is 73.1 Å². The Balaban J connectivity index is 0.908. The molecule has 7 heteroatoms. The summed E-state index contributed by atoms with van der Waals surface area (Å²) in [6, 6.07) is 0. The first kappa shape index (κ1) is 36.3. The van der Waals surface area contributed by atoms with Crippen LogP contribution in [0, 0.1) is 29.6 Å². The smallest absolute Gasteiger partial charge is 0.172 e. The van der Waals surface area contributed by atoms with Crippen molar-refractivity contribution in [1.82, 2.24) is 0 Å². The summed E-state index contributed by atoms with van der Waals surface area (Å²) in [7, 11) is 0. The second-order valence-corrected chi connectivity index (χ2v) is 17.3. The topological polar surface area (TPSA) is 64.6 Å². The lowest BCUT2D eigenvalue weighted by molar-refractivity contribution is -0.262. The van der Waals surface area contributed by atoms with Gasteiger partial charge in [0.25, 0.3) is 0 Å². The molecule has 0 aromatic heterocycles. The summed E-state index contributed by atoms with van der Waals surface area (Å²) >= 11 is 0. The molecule has 8 aliphatic rings. The maximum Gasteiger partial charge on any atom is 0.172 e. The molecule has 49 heavy (non-hydrogen) atoms. The van der Waals surface area contributed by atoms with Crippen LogP contribution in [0.4, 0.5) is 0 Å². The third kappa shape index (κ3) is 7.05. The van der Waals surface area contributed by atoms with Crippen molar-refractivity contribution in [3.05, 3.63) is 37.0 Å². The quantitative estimate of drug-likeness (QED) is 0.170. The molecule has 8 saturated heterocycles. The van der Waals surface area contributed by atoms with Gasteiger partial charge in [-0.05, 0) is 79.8 Å². The first-order chi connectivity index (χ1) is 23.5. The molecule has 0 N–H and O–H groups in total. The van der Waals surface area contributed by atoms with Crippen LogP contribution >= 0.6 is 0 Å². The van der Waals surface area contributed by atoms with Crippen LogP contribution in [0.2, 0.25) is 0 Å². The van der Waals surface area contributed by atoms with Gasteiger partial charge in [0.1, 0.15) is 18.3 Å². The number of ether oxygens (including phenoxy) is 7. The maximum absolute atomic E-state index is 6.90. The van der Waals surface area contributed by atoms with Gasteiger partial charge in [0, 0.05) is 25.2 Å². The molecule has 0 radical (unpaired) electrons. The highest BCUT2D eigenvalue weighted by atomic mass is 16.8. The second-order valence-electron chi connectivity index (χ2n) is 17.3. The monoisotopic (exact) mass is 682 g/mol. The predicted molar refractivity (Wildman–Crippen MR) is 191 cm³/mol. The van der Waals surface area contributed by atoms with E-state index < -0.39 is 5.79 Å². The van der Waals surface area contributed by atoms with Gasteiger partial charge in [0.05, 0.1) is 54.9 Å². The fourth-order valence-electron chi connectivity index (χ4n) is 10.6. The summed E-state index contributed by atoms with van der Waals surface area (Å²) in [6.07, 6.45) is 14.6. The Kier molecular flexibility index (Phi) is 10.9. The Hall–Kier alpha value is -1.06. The molecule has 8 aliphatic heterocycles. The summed E-state index contributed by atoms with van der Waals surface area (Å²) < 4.78 is 46.9. The van der Waals surface area contributed by atoms with Crippen molar-refractivity contribution < 1.29 is 33.2 Å². The van der Waals surface area contributed by atoms with E-state index in [1.165, 1.54) is 17.6 Å². The summed E-state index contributed by atoms with van der Waals surface area (Å²) in [5, 5.41) is 0. The van der Waals surface area contributed by atoms with Gasteiger partial charge in [-0.2, -0.15) is 0 Å². The molecule has 0 aromatic carbocycles. The van der Waals surface area contributed by atoms with Crippen LogP contribution in [0.15, 0.2) is 37.0 Å². The first-order valence-corrected chi connectivity index (χ1v) is 20.1. The van der Waals surface area contributed by atoms with Gasteiger partial charge >= 0.3 is 0 Å². The van der Waals surface area contributed by atoms with Crippen molar-refractivity contribution in [1.29, 1.82) is 0 Å². The fourth-order valence-corrected chi connectivity index (χ4v) is 10.6. The van der Waals surface area contributed by atoms with Crippen molar-refractivity contribution in [3.8, 4) is 0 Å². The van der Waals surface area contributed by atoms with Crippen molar-refractivity contribution in [2.24, 2.45) is 29.6 Å². The fraction of sp³-hybridized carbons (Fsp3) is 0.857. The molecule has 0 amide bonds. The van der Waals surface area contributed by atoms with E-state index in [0.29, 0.717) is 29.8 Å². The largest absolute Gasteiger partial charge is 0.374 e. The third-order valence-electron chi connectivity index (χ3n) is 14.0. The molecule has 276 valence electrons. The molecule has 0 saturated carbocycles. The molecule has 8 fully saturated rings. The number of hydrogen-bond acceptors (Lipinski definition) is 7. The van der Waals surface area contributed by atoms with E-state index in [9.17, 15) is 0 Å². The molecule has 18 atom stereocenters.